The van der Waals surface area contributed by atoms with Gasteiger partial charge in [-0.15, -0.1) is 0 Å². The molecule has 106 valence electrons. The number of nitrogens with one attached hydrogen (secondary N) is 1. The summed E-state index contributed by atoms with van der Waals surface area (Å²) in [5.74, 6) is 1.36. The molecule has 0 radical (unpaired) electrons. The summed E-state index contributed by atoms with van der Waals surface area (Å²) < 4.78 is 10.5. The van der Waals surface area contributed by atoms with Gasteiger partial charge in [0.1, 0.15) is 5.82 Å². The molecule has 4 nitrogen and oxygen atoms in total. The Hall–Kier alpha value is -0.680. The van der Waals surface area contributed by atoms with Crippen LogP contribution in [0.3, 0.4) is 0 Å². The zero-order valence-corrected chi connectivity index (χ0v) is 12.6. The largest absolute Gasteiger partial charge is 0.375 e. The van der Waals surface area contributed by atoms with E-state index in [2.05, 4.69) is 28.5 Å². The Morgan fingerprint density at radius 1 is 1.37 bits per heavy atom. The molecule has 1 aliphatic carbocycles. The number of rotatable bonds is 3. The highest BCUT2D eigenvalue weighted by molar-refractivity contribution is 7.09. The summed E-state index contributed by atoms with van der Waals surface area (Å²) >= 11 is 1.49. The van der Waals surface area contributed by atoms with E-state index < -0.39 is 0 Å². The summed E-state index contributed by atoms with van der Waals surface area (Å²) in [6.07, 6.45) is 7.32. The maximum atomic E-state index is 6.07. The second kappa shape index (κ2) is 5.37. The minimum atomic E-state index is 0.168. The molecule has 5 heteroatoms. The molecule has 2 aliphatic rings. The molecule has 0 bridgehead atoms. The normalized spacial score (nSPS) is 26.2. The molecule has 3 rings (SSSR count). The molecule has 19 heavy (non-hydrogen) atoms. The zero-order chi connectivity index (χ0) is 13.3. The van der Waals surface area contributed by atoms with Crippen molar-refractivity contribution < 1.29 is 4.74 Å². The van der Waals surface area contributed by atoms with E-state index in [0.29, 0.717) is 12.0 Å². The van der Waals surface area contributed by atoms with Crippen molar-refractivity contribution in [3.05, 3.63) is 5.82 Å². The van der Waals surface area contributed by atoms with Crippen LogP contribution in [0, 0.1) is 0 Å². The van der Waals surface area contributed by atoms with Gasteiger partial charge in [0.15, 0.2) is 0 Å². The Labute approximate surface area is 119 Å². The average Bonchev–Trinajstić information content (AvgIpc) is 3.00. The molecular formula is C14H23N3OS. The third-order valence-corrected chi connectivity index (χ3v) is 4.95. The van der Waals surface area contributed by atoms with Gasteiger partial charge >= 0.3 is 0 Å². The fourth-order valence-corrected chi connectivity index (χ4v) is 4.01. The summed E-state index contributed by atoms with van der Waals surface area (Å²) in [7, 11) is 0. The summed E-state index contributed by atoms with van der Waals surface area (Å²) in [6, 6.07) is 0.500. The van der Waals surface area contributed by atoms with Crippen molar-refractivity contribution in [2.24, 2.45) is 0 Å². The number of nitrogens with zero attached hydrogens (tertiary/aromatic N) is 2. The molecule has 0 aromatic carbocycles. The molecule has 1 aromatic rings. The third kappa shape index (κ3) is 2.92. The Balaban J connectivity index is 1.62. The van der Waals surface area contributed by atoms with Gasteiger partial charge < -0.3 is 10.1 Å². The summed E-state index contributed by atoms with van der Waals surface area (Å²) in [5.41, 5.74) is 0.168. The van der Waals surface area contributed by atoms with Gasteiger partial charge in [-0.05, 0) is 25.7 Å². The topological polar surface area (TPSA) is 47.0 Å². The van der Waals surface area contributed by atoms with Crippen molar-refractivity contribution in [3.63, 3.8) is 0 Å². The van der Waals surface area contributed by atoms with Crippen LogP contribution in [0.1, 0.15) is 64.1 Å². The summed E-state index contributed by atoms with van der Waals surface area (Å²) in [6.45, 7) is 5.15. The fraction of sp³-hybridized carbons (Fsp3) is 0.857. The van der Waals surface area contributed by atoms with Crippen molar-refractivity contribution in [1.82, 2.24) is 9.36 Å². The first-order chi connectivity index (χ1) is 9.17. The van der Waals surface area contributed by atoms with Crippen LogP contribution in [-0.4, -0.2) is 27.6 Å². The molecule has 2 heterocycles. The van der Waals surface area contributed by atoms with E-state index in [0.717, 1.165) is 30.4 Å². The van der Waals surface area contributed by atoms with Crippen LogP contribution >= 0.6 is 11.5 Å². The highest BCUT2D eigenvalue weighted by atomic mass is 32.1. The lowest BCUT2D eigenvalue weighted by molar-refractivity contribution is -0.0767. The summed E-state index contributed by atoms with van der Waals surface area (Å²) in [4.78, 5) is 4.57. The molecule has 2 fully saturated rings. The smallest absolute Gasteiger partial charge is 0.202 e. The minimum Gasteiger partial charge on any atom is -0.375 e. The van der Waals surface area contributed by atoms with Crippen molar-refractivity contribution >= 4 is 16.7 Å². The molecule has 0 unspecified atom stereocenters. The second-order valence-corrected chi connectivity index (χ2v) is 6.94. The van der Waals surface area contributed by atoms with Crippen LogP contribution in [0.4, 0.5) is 5.13 Å². The number of hydrogen-bond acceptors (Lipinski definition) is 5. The quantitative estimate of drug-likeness (QED) is 0.920. The van der Waals surface area contributed by atoms with Gasteiger partial charge in [0.2, 0.25) is 5.13 Å². The lowest BCUT2D eigenvalue weighted by Crippen LogP contribution is -2.42. The fourth-order valence-electron chi connectivity index (χ4n) is 3.22. The van der Waals surface area contributed by atoms with Gasteiger partial charge in [-0.25, -0.2) is 4.98 Å². The van der Waals surface area contributed by atoms with Gasteiger partial charge in [0, 0.05) is 30.1 Å². The van der Waals surface area contributed by atoms with E-state index in [-0.39, 0.29) is 5.60 Å². The number of ether oxygens (including phenoxy) is 1. The van der Waals surface area contributed by atoms with E-state index in [9.17, 15) is 0 Å². The molecule has 1 saturated heterocycles. The van der Waals surface area contributed by atoms with Crippen molar-refractivity contribution in [3.8, 4) is 0 Å². The predicted molar refractivity (Wildman–Crippen MR) is 77.8 cm³/mol. The van der Waals surface area contributed by atoms with Crippen molar-refractivity contribution in [2.45, 2.75) is 69.9 Å². The van der Waals surface area contributed by atoms with E-state index in [1.165, 1.54) is 37.2 Å². The standard InChI is InChI=1S/C14H23N3OS/c1-10(2)12-16-13(19-17-12)15-11-5-8-18-14(9-11)6-3-4-7-14/h10-11H,3-9H2,1-2H3,(H,15,16,17)/t11-/m1/s1. The van der Waals surface area contributed by atoms with Crippen LogP contribution in [0.5, 0.6) is 0 Å². The van der Waals surface area contributed by atoms with Gasteiger partial charge in [0.05, 0.1) is 5.60 Å². The van der Waals surface area contributed by atoms with E-state index in [4.69, 9.17) is 4.74 Å². The van der Waals surface area contributed by atoms with Gasteiger partial charge in [-0.3, -0.25) is 0 Å². The first kappa shape index (κ1) is 13.3. The predicted octanol–water partition coefficient (Wildman–Crippen LogP) is 3.57. The Morgan fingerprint density at radius 2 is 2.16 bits per heavy atom. The third-order valence-electron chi connectivity index (χ3n) is 4.29. The highest BCUT2D eigenvalue weighted by Crippen LogP contribution is 2.40. The lowest BCUT2D eigenvalue weighted by Gasteiger charge is -2.38. The molecule has 1 N–H and O–H groups in total. The summed E-state index contributed by atoms with van der Waals surface area (Å²) in [5, 5.41) is 4.55. The van der Waals surface area contributed by atoms with Gasteiger partial charge in [-0.1, -0.05) is 26.7 Å². The Morgan fingerprint density at radius 3 is 2.84 bits per heavy atom. The highest BCUT2D eigenvalue weighted by Gasteiger charge is 2.40. The van der Waals surface area contributed by atoms with E-state index in [1.807, 2.05) is 0 Å². The Bertz CT molecular complexity index is 426. The van der Waals surface area contributed by atoms with E-state index >= 15 is 0 Å². The maximum absolute atomic E-state index is 6.07. The van der Waals surface area contributed by atoms with Crippen LogP contribution in [-0.2, 0) is 4.74 Å². The maximum Gasteiger partial charge on any atom is 0.202 e. The number of aromatic nitrogens is 2. The molecule has 1 atom stereocenters. The minimum absolute atomic E-state index is 0.168. The SMILES string of the molecule is CC(C)c1nsc(N[C@@H]2CCOC3(CCCC3)C2)n1. The molecule has 1 aromatic heterocycles. The molecule has 1 spiro atoms. The zero-order valence-electron chi connectivity index (χ0n) is 11.8. The first-order valence-corrected chi connectivity index (χ1v) is 8.18. The van der Waals surface area contributed by atoms with E-state index in [1.54, 1.807) is 0 Å². The monoisotopic (exact) mass is 281 g/mol. The lowest BCUT2D eigenvalue weighted by atomic mass is 9.89. The van der Waals surface area contributed by atoms with Crippen LogP contribution in [0.25, 0.3) is 0 Å². The van der Waals surface area contributed by atoms with Gasteiger partial charge in [0.25, 0.3) is 0 Å². The molecular weight excluding hydrogens is 258 g/mol. The van der Waals surface area contributed by atoms with Crippen LogP contribution in [0.15, 0.2) is 0 Å². The molecule has 1 aliphatic heterocycles. The van der Waals surface area contributed by atoms with Crippen LogP contribution in [0.2, 0.25) is 0 Å². The number of anilines is 1. The van der Waals surface area contributed by atoms with Gasteiger partial charge in [-0.2, -0.15) is 4.37 Å². The van der Waals surface area contributed by atoms with Crippen LogP contribution < -0.4 is 5.32 Å². The second-order valence-electron chi connectivity index (χ2n) is 6.19. The molecule has 1 saturated carbocycles. The number of hydrogen-bond donors (Lipinski definition) is 1. The molecule has 0 amide bonds. The van der Waals surface area contributed by atoms with Crippen molar-refractivity contribution in [1.29, 1.82) is 0 Å². The average molecular weight is 281 g/mol. The first-order valence-electron chi connectivity index (χ1n) is 7.41. The Kier molecular flexibility index (Phi) is 3.76. The van der Waals surface area contributed by atoms with Crippen molar-refractivity contribution in [2.75, 3.05) is 11.9 Å².